The number of rotatable bonds is 5. The lowest BCUT2D eigenvalue weighted by molar-refractivity contribution is 0.0330. The number of hydrogen-bond acceptors (Lipinski definition) is 5. The summed E-state index contributed by atoms with van der Waals surface area (Å²) in [7, 11) is 0. The molecule has 6 nitrogen and oxygen atoms in total. The van der Waals surface area contributed by atoms with Crippen molar-refractivity contribution in [3.8, 4) is 11.3 Å². The monoisotopic (exact) mass is 360 g/mol. The fourth-order valence-electron chi connectivity index (χ4n) is 2.49. The number of halogens is 1. The van der Waals surface area contributed by atoms with Crippen LogP contribution in [-0.2, 0) is 5.60 Å². The van der Waals surface area contributed by atoms with Crippen LogP contribution in [-0.4, -0.2) is 22.7 Å². The molecule has 1 aromatic carbocycles. The molecule has 0 radical (unpaired) electrons. The van der Waals surface area contributed by atoms with Crippen LogP contribution < -0.4 is 5.32 Å². The maximum atomic E-state index is 12.7. The summed E-state index contributed by atoms with van der Waals surface area (Å²) in [5.41, 5.74) is -0.0973. The molecule has 0 bridgehead atoms. The van der Waals surface area contributed by atoms with Gasteiger partial charge in [0.05, 0.1) is 17.8 Å². The Balaban J connectivity index is 1.84. The number of nitrogens with one attached hydrogen (secondary N) is 1. The van der Waals surface area contributed by atoms with E-state index in [9.17, 15) is 9.90 Å². The number of carbonyl (C=O) groups excluding carboxylic acids is 1. The fourth-order valence-corrected chi connectivity index (χ4v) is 2.71. The average Bonchev–Trinajstić information content (AvgIpc) is 3.23. The van der Waals surface area contributed by atoms with E-state index >= 15 is 0 Å². The van der Waals surface area contributed by atoms with Crippen molar-refractivity contribution in [2.45, 2.75) is 19.4 Å². The van der Waals surface area contributed by atoms with E-state index in [4.69, 9.17) is 20.5 Å². The molecular weight excluding hydrogens is 344 g/mol. The summed E-state index contributed by atoms with van der Waals surface area (Å²) in [6.45, 7) is 3.17. The number of amides is 1. The van der Waals surface area contributed by atoms with E-state index in [0.717, 1.165) is 0 Å². The highest BCUT2D eigenvalue weighted by Crippen LogP contribution is 2.31. The van der Waals surface area contributed by atoms with Crippen molar-refractivity contribution in [1.29, 1.82) is 0 Å². The van der Waals surface area contributed by atoms with Crippen LogP contribution in [0.3, 0.4) is 0 Å². The lowest BCUT2D eigenvalue weighted by Crippen LogP contribution is -2.38. The van der Waals surface area contributed by atoms with Gasteiger partial charge >= 0.3 is 0 Å². The Bertz CT molecular complexity index is 884. The summed E-state index contributed by atoms with van der Waals surface area (Å²) < 4.78 is 10.4. The van der Waals surface area contributed by atoms with Gasteiger partial charge in [-0.25, -0.2) is 0 Å². The Hall–Kier alpha value is -2.57. The average molecular weight is 361 g/mol. The van der Waals surface area contributed by atoms with Gasteiger partial charge in [-0.1, -0.05) is 35.0 Å². The number of aromatic nitrogens is 1. The van der Waals surface area contributed by atoms with E-state index in [0.29, 0.717) is 27.8 Å². The van der Waals surface area contributed by atoms with Gasteiger partial charge in [-0.15, -0.1) is 0 Å². The molecule has 0 spiro atoms. The Morgan fingerprint density at radius 2 is 2.08 bits per heavy atom. The number of aryl methyl sites for hydroxylation is 1. The predicted octanol–water partition coefficient (Wildman–Crippen LogP) is 3.53. The van der Waals surface area contributed by atoms with Crippen molar-refractivity contribution < 1.29 is 18.8 Å². The SMILES string of the molecule is Cc1onc(-c2ccccc2Cl)c1C(=O)NCC(C)(O)c1ccco1. The second-order valence-corrected chi connectivity index (χ2v) is 6.28. The Morgan fingerprint density at radius 1 is 1.32 bits per heavy atom. The van der Waals surface area contributed by atoms with Gasteiger partial charge in [0.25, 0.3) is 5.91 Å². The standard InChI is InChI=1S/C18H17ClN2O4/c1-11-15(16(21-25-11)12-6-3-4-7-13(12)19)17(22)20-10-18(2,23)14-8-5-9-24-14/h3-9,23H,10H2,1-2H3,(H,20,22). The molecule has 3 rings (SSSR count). The number of carbonyl (C=O) groups is 1. The van der Waals surface area contributed by atoms with Crippen LogP contribution in [0.25, 0.3) is 11.3 Å². The van der Waals surface area contributed by atoms with Crippen molar-refractivity contribution in [1.82, 2.24) is 10.5 Å². The number of hydrogen-bond donors (Lipinski definition) is 2. The van der Waals surface area contributed by atoms with Gasteiger partial charge in [-0.05, 0) is 32.0 Å². The molecule has 2 aromatic heterocycles. The van der Waals surface area contributed by atoms with E-state index in [1.54, 1.807) is 50.2 Å². The largest absolute Gasteiger partial charge is 0.466 e. The molecule has 1 atom stereocenters. The highest BCUT2D eigenvalue weighted by molar-refractivity contribution is 6.33. The van der Waals surface area contributed by atoms with Crippen molar-refractivity contribution in [3.05, 3.63) is 64.8 Å². The lowest BCUT2D eigenvalue weighted by atomic mass is 10.0. The van der Waals surface area contributed by atoms with Gasteiger partial charge in [0.2, 0.25) is 0 Å². The maximum Gasteiger partial charge on any atom is 0.257 e. The summed E-state index contributed by atoms with van der Waals surface area (Å²) in [4.78, 5) is 12.7. The van der Waals surface area contributed by atoms with Crippen LogP contribution in [0.1, 0.15) is 28.8 Å². The molecule has 0 aliphatic heterocycles. The molecule has 0 saturated carbocycles. The summed E-state index contributed by atoms with van der Waals surface area (Å²) >= 11 is 6.20. The highest BCUT2D eigenvalue weighted by atomic mass is 35.5. The zero-order chi connectivity index (χ0) is 18.0. The van der Waals surface area contributed by atoms with Gasteiger partial charge in [0.1, 0.15) is 28.4 Å². The molecule has 0 fully saturated rings. The van der Waals surface area contributed by atoms with Gasteiger partial charge < -0.3 is 19.4 Å². The molecule has 0 aliphatic carbocycles. The normalized spacial score (nSPS) is 13.4. The number of nitrogens with zero attached hydrogens (tertiary/aromatic N) is 1. The third-order valence-corrected chi connectivity index (χ3v) is 4.19. The van der Waals surface area contributed by atoms with Crippen LogP contribution in [0.4, 0.5) is 0 Å². The van der Waals surface area contributed by atoms with E-state index in [-0.39, 0.29) is 12.1 Å². The van der Waals surface area contributed by atoms with Crippen LogP contribution in [0, 0.1) is 6.92 Å². The van der Waals surface area contributed by atoms with E-state index in [1.807, 2.05) is 0 Å². The molecule has 0 aliphatic rings. The van der Waals surface area contributed by atoms with Crippen LogP contribution in [0.15, 0.2) is 51.6 Å². The first-order valence-corrected chi connectivity index (χ1v) is 8.03. The van der Waals surface area contributed by atoms with Crippen LogP contribution >= 0.6 is 11.6 Å². The smallest absolute Gasteiger partial charge is 0.257 e. The first-order valence-electron chi connectivity index (χ1n) is 7.66. The first kappa shape index (κ1) is 17.3. The van der Waals surface area contributed by atoms with Gasteiger partial charge in [0.15, 0.2) is 0 Å². The van der Waals surface area contributed by atoms with Crippen LogP contribution in [0.2, 0.25) is 5.02 Å². The number of furan rings is 1. The quantitative estimate of drug-likeness (QED) is 0.726. The minimum absolute atomic E-state index is 0.0358. The molecule has 1 amide bonds. The molecule has 7 heteroatoms. The molecule has 2 heterocycles. The summed E-state index contributed by atoms with van der Waals surface area (Å²) in [5.74, 6) is 0.312. The lowest BCUT2D eigenvalue weighted by Gasteiger charge is -2.21. The minimum atomic E-state index is -1.34. The van der Waals surface area contributed by atoms with Crippen molar-refractivity contribution in [2.24, 2.45) is 0 Å². The van der Waals surface area contributed by atoms with Crippen molar-refractivity contribution in [3.63, 3.8) is 0 Å². The summed E-state index contributed by atoms with van der Waals surface area (Å²) in [6.07, 6.45) is 1.46. The predicted molar refractivity (Wildman–Crippen MR) is 92.3 cm³/mol. The van der Waals surface area contributed by atoms with Crippen molar-refractivity contribution >= 4 is 17.5 Å². The van der Waals surface area contributed by atoms with E-state index in [1.165, 1.54) is 6.26 Å². The number of benzene rings is 1. The Morgan fingerprint density at radius 3 is 2.76 bits per heavy atom. The minimum Gasteiger partial charge on any atom is -0.466 e. The zero-order valence-electron chi connectivity index (χ0n) is 13.7. The highest BCUT2D eigenvalue weighted by Gasteiger charge is 2.29. The zero-order valence-corrected chi connectivity index (χ0v) is 14.5. The van der Waals surface area contributed by atoms with Gasteiger partial charge in [0, 0.05) is 5.56 Å². The third-order valence-electron chi connectivity index (χ3n) is 3.86. The number of aliphatic hydroxyl groups is 1. The molecular formula is C18H17ClN2O4. The molecule has 2 N–H and O–H groups in total. The van der Waals surface area contributed by atoms with Gasteiger partial charge in [-0.3, -0.25) is 4.79 Å². The van der Waals surface area contributed by atoms with Crippen molar-refractivity contribution in [2.75, 3.05) is 6.54 Å². The fraction of sp³-hybridized carbons (Fsp3) is 0.222. The Kier molecular flexibility index (Phi) is 4.65. The summed E-state index contributed by atoms with van der Waals surface area (Å²) in [6, 6.07) is 10.4. The molecule has 1 unspecified atom stereocenters. The Labute approximate surface area is 149 Å². The first-order chi connectivity index (χ1) is 11.9. The van der Waals surface area contributed by atoms with E-state index < -0.39 is 11.5 Å². The molecule has 3 aromatic rings. The second-order valence-electron chi connectivity index (χ2n) is 5.88. The second kappa shape index (κ2) is 6.74. The topological polar surface area (TPSA) is 88.5 Å². The molecule has 25 heavy (non-hydrogen) atoms. The molecule has 130 valence electrons. The van der Waals surface area contributed by atoms with E-state index in [2.05, 4.69) is 10.5 Å². The van der Waals surface area contributed by atoms with Crippen LogP contribution in [0.5, 0.6) is 0 Å². The van der Waals surface area contributed by atoms with Gasteiger partial charge in [-0.2, -0.15) is 0 Å². The molecule has 0 saturated heterocycles. The maximum absolute atomic E-state index is 12.7. The third kappa shape index (κ3) is 3.45. The summed E-state index contributed by atoms with van der Waals surface area (Å²) in [5, 5.41) is 17.6.